The van der Waals surface area contributed by atoms with Crippen LogP contribution in [0.25, 0.3) is 0 Å². The summed E-state index contributed by atoms with van der Waals surface area (Å²) >= 11 is 5.32. The molecule has 1 aromatic heterocycles. The molecule has 1 aliphatic rings. The van der Waals surface area contributed by atoms with E-state index in [1.165, 1.54) is 18.4 Å². The van der Waals surface area contributed by atoms with Gasteiger partial charge < -0.3 is 4.57 Å². The van der Waals surface area contributed by atoms with Crippen molar-refractivity contribution in [2.75, 3.05) is 0 Å². The summed E-state index contributed by atoms with van der Waals surface area (Å²) in [4.78, 5) is 0. The monoisotopic (exact) mass is 349 g/mol. The SMILES string of the molecule is C=CCn1c(SCc2ccccc2Br)nnc1C1CC1. The van der Waals surface area contributed by atoms with E-state index in [1.54, 1.807) is 11.8 Å². The standard InChI is InChI=1S/C15H16BrN3S/c1-2-9-19-14(11-7-8-11)17-18-15(19)20-10-12-5-3-4-6-13(12)16/h2-6,11H,1,7-10H2. The summed E-state index contributed by atoms with van der Waals surface area (Å²) in [5, 5.41) is 9.71. The Morgan fingerprint density at radius 2 is 2.15 bits per heavy atom. The Bertz CT molecular complexity index is 619. The van der Waals surface area contributed by atoms with Crippen molar-refractivity contribution in [3.05, 3.63) is 52.8 Å². The molecule has 0 atom stereocenters. The lowest BCUT2D eigenvalue weighted by molar-refractivity contribution is 0.681. The second-order valence-electron chi connectivity index (χ2n) is 4.89. The molecule has 0 spiro atoms. The van der Waals surface area contributed by atoms with E-state index in [-0.39, 0.29) is 0 Å². The maximum atomic E-state index is 4.36. The lowest BCUT2D eigenvalue weighted by Gasteiger charge is -2.07. The van der Waals surface area contributed by atoms with Gasteiger partial charge in [-0.1, -0.05) is 52.0 Å². The van der Waals surface area contributed by atoms with E-state index in [2.05, 4.69) is 55.5 Å². The number of halogens is 1. The first-order chi connectivity index (χ1) is 9.79. The maximum absolute atomic E-state index is 4.36. The zero-order valence-corrected chi connectivity index (χ0v) is 13.5. The Morgan fingerprint density at radius 3 is 2.85 bits per heavy atom. The summed E-state index contributed by atoms with van der Waals surface area (Å²) in [6.07, 6.45) is 4.39. The Morgan fingerprint density at radius 1 is 1.35 bits per heavy atom. The van der Waals surface area contributed by atoms with Crippen molar-refractivity contribution in [3.63, 3.8) is 0 Å². The van der Waals surface area contributed by atoms with Gasteiger partial charge in [0.2, 0.25) is 0 Å². The number of nitrogens with zero attached hydrogens (tertiary/aromatic N) is 3. The third-order valence-corrected chi connectivity index (χ3v) is 5.10. The average Bonchev–Trinajstić information content (AvgIpc) is 3.22. The first-order valence-corrected chi connectivity index (χ1v) is 8.47. The Hall–Kier alpha value is -1.07. The molecule has 3 rings (SSSR count). The molecule has 3 nitrogen and oxygen atoms in total. The number of allylic oxidation sites excluding steroid dienone is 1. The smallest absolute Gasteiger partial charge is 0.191 e. The summed E-state index contributed by atoms with van der Waals surface area (Å²) in [6, 6.07) is 8.29. The third kappa shape index (κ3) is 2.99. The predicted molar refractivity (Wildman–Crippen MR) is 85.9 cm³/mol. The molecule has 0 aliphatic heterocycles. The molecule has 5 heteroatoms. The number of aromatic nitrogens is 3. The summed E-state index contributed by atoms with van der Waals surface area (Å²) in [7, 11) is 0. The average molecular weight is 350 g/mol. The summed E-state index contributed by atoms with van der Waals surface area (Å²) in [5.74, 6) is 2.63. The van der Waals surface area contributed by atoms with Crippen LogP contribution in [0.4, 0.5) is 0 Å². The molecule has 1 aromatic carbocycles. The highest BCUT2D eigenvalue weighted by Gasteiger charge is 2.30. The lowest BCUT2D eigenvalue weighted by Crippen LogP contribution is -2.02. The van der Waals surface area contributed by atoms with Crippen molar-refractivity contribution in [3.8, 4) is 0 Å². The minimum absolute atomic E-state index is 0.611. The van der Waals surface area contributed by atoms with Gasteiger partial charge in [0.25, 0.3) is 0 Å². The lowest BCUT2D eigenvalue weighted by atomic mass is 10.2. The largest absolute Gasteiger partial charge is 0.302 e. The van der Waals surface area contributed by atoms with Gasteiger partial charge in [-0.05, 0) is 24.5 Å². The van der Waals surface area contributed by atoms with Crippen LogP contribution < -0.4 is 0 Å². The van der Waals surface area contributed by atoms with Gasteiger partial charge >= 0.3 is 0 Å². The predicted octanol–water partition coefficient (Wildman–Crippen LogP) is 4.40. The van der Waals surface area contributed by atoms with E-state index < -0.39 is 0 Å². The minimum Gasteiger partial charge on any atom is -0.302 e. The summed E-state index contributed by atoms with van der Waals surface area (Å²) in [5.41, 5.74) is 1.28. The molecule has 1 saturated carbocycles. The summed E-state index contributed by atoms with van der Waals surface area (Å²) < 4.78 is 3.34. The number of rotatable bonds is 6. The van der Waals surface area contributed by atoms with E-state index in [4.69, 9.17) is 0 Å². The van der Waals surface area contributed by atoms with E-state index in [9.17, 15) is 0 Å². The van der Waals surface area contributed by atoms with Crippen LogP contribution in [0.3, 0.4) is 0 Å². The first kappa shape index (κ1) is 13.9. The molecule has 0 saturated heterocycles. The number of hydrogen-bond acceptors (Lipinski definition) is 3. The van der Waals surface area contributed by atoms with Crippen LogP contribution in [0, 0.1) is 0 Å². The van der Waals surface area contributed by atoms with Gasteiger partial charge in [-0.3, -0.25) is 0 Å². The molecule has 1 fully saturated rings. The van der Waals surface area contributed by atoms with Crippen LogP contribution >= 0.6 is 27.7 Å². The van der Waals surface area contributed by atoms with Crippen molar-refractivity contribution in [2.45, 2.75) is 36.2 Å². The summed E-state index contributed by atoms with van der Waals surface area (Å²) in [6.45, 7) is 4.63. The van der Waals surface area contributed by atoms with E-state index in [0.29, 0.717) is 5.92 Å². The van der Waals surface area contributed by atoms with Crippen molar-refractivity contribution in [2.24, 2.45) is 0 Å². The first-order valence-electron chi connectivity index (χ1n) is 6.70. The van der Waals surface area contributed by atoms with Gasteiger partial charge in [0, 0.05) is 22.7 Å². The van der Waals surface area contributed by atoms with Gasteiger partial charge in [0.1, 0.15) is 5.82 Å². The van der Waals surface area contributed by atoms with Crippen molar-refractivity contribution in [1.82, 2.24) is 14.8 Å². The Kier molecular flexibility index (Phi) is 4.27. The molecule has 0 radical (unpaired) electrons. The molecular weight excluding hydrogens is 334 g/mol. The molecule has 1 heterocycles. The van der Waals surface area contributed by atoms with Crippen LogP contribution in [0.5, 0.6) is 0 Å². The van der Waals surface area contributed by atoms with Crippen molar-refractivity contribution >= 4 is 27.7 Å². The molecule has 0 bridgehead atoms. The molecule has 0 unspecified atom stereocenters. The van der Waals surface area contributed by atoms with Gasteiger partial charge in [0.05, 0.1) is 0 Å². The van der Waals surface area contributed by atoms with Gasteiger partial charge in [-0.2, -0.15) is 0 Å². The second-order valence-corrected chi connectivity index (χ2v) is 6.69. The normalized spacial score (nSPS) is 14.4. The highest BCUT2D eigenvalue weighted by atomic mass is 79.9. The number of hydrogen-bond donors (Lipinski definition) is 0. The molecule has 0 N–H and O–H groups in total. The zero-order chi connectivity index (χ0) is 13.9. The van der Waals surface area contributed by atoms with Gasteiger partial charge in [-0.25, -0.2) is 0 Å². The van der Waals surface area contributed by atoms with Crippen molar-refractivity contribution < 1.29 is 0 Å². The Labute approximate surface area is 131 Å². The van der Waals surface area contributed by atoms with Crippen LogP contribution in [0.2, 0.25) is 0 Å². The molecule has 1 aliphatic carbocycles. The highest BCUT2D eigenvalue weighted by molar-refractivity contribution is 9.10. The van der Waals surface area contributed by atoms with Gasteiger partial charge in [0.15, 0.2) is 5.16 Å². The maximum Gasteiger partial charge on any atom is 0.191 e. The second kappa shape index (κ2) is 6.14. The van der Waals surface area contributed by atoms with Crippen molar-refractivity contribution in [1.29, 1.82) is 0 Å². The molecule has 20 heavy (non-hydrogen) atoms. The topological polar surface area (TPSA) is 30.7 Å². The van der Waals surface area contributed by atoms with E-state index in [0.717, 1.165) is 27.8 Å². The molecule has 104 valence electrons. The van der Waals surface area contributed by atoms with Crippen LogP contribution in [0.15, 0.2) is 46.5 Å². The molecule has 2 aromatic rings. The van der Waals surface area contributed by atoms with Crippen LogP contribution in [-0.4, -0.2) is 14.8 Å². The van der Waals surface area contributed by atoms with Gasteiger partial charge in [-0.15, -0.1) is 16.8 Å². The number of benzene rings is 1. The highest BCUT2D eigenvalue weighted by Crippen LogP contribution is 2.40. The zero-order valence-electron chi connectivity index (χ0n) is 11.1. The van der Waals surface area contributed by atoms with Crippen LogP contribution in [-0.2, 0) is 12.3 Å². The fourth-order valence-corrected chi connectivity index (χ4v) is 3.68. The third-order valence-electron chi connectivity index (χ3n) is 3.31. The molecule has 0 amide bonds. The van der Waals surface area contributed by atoms with E-state index >= 15 is 0 Å². The fraction of sp³-hybridized carbons (Fsp3) is 0.333. The number of thioether (sulfide) groups is 1. The van der Waals surface area contributed by atoms with E-state index in [1.807, 2.05) is 12.1 Å². The fourth-order valence-electron chi connectivity index (χ4n) is 2.11. The van der Waals surface area contributed by atoms with Crippen LogP contribution in [0.1, 0.15) is 30.1 Å². The minimum atomic E-state index is 0.611. The Balaban J connectivity index is 1.77. The quantitative estimate of drug-likeness (QED) is 0.572. The molecular formula is C15H16BrN3S.